The quantitative estimate of drug-likeness (QED) is 0.805. The van der Waals surface area contributed by atoms with E-state index in [4.69, 9.17) is 5.73 Å². The van der Waals surface area contributed by atoms with Crippen molar-refractivity contribution in [3.63, 3.8) is 0 Å². The second kappa shape index (κ2) is 7.04. The Morgan fingerprint density at radius 3 is 2.45 bits per heavy atom. The van der Waals surface area contributed by atoms with Crippen molar-refractivity contribution >= 4 is 24.2 Å². The van der Waals surface area contributed by atoms with Gasteiger partial charge in [-0.15, -0.1) is 12.4 Å². The highest BCUT2D eigenvalue weighted by Gasteiger charge is 2.42. The van der Waals surface area contributed by atoms with Crippen molar-refractivity contribution in [2.45, 2.75) is 43.8 Å². The number of nitrogens with two attached hydrogens (primary N) is 1. The molecule has 2 amide bonds. The number of likely N-dealkylation sites (tertiary alicyclic amines) is 1. The first-order valence-electron chi connectivity index (χ1n) is 7.11. The number of halogens is 4. The van der Waals surface area contributed by atoms with Crippen molar-refractivity contribution in [2.75, 3.05) is 19.6 Å². The van der Waals surface area contributed by atoms with E-state index in [2.05, 4.69) is 5.32 Å². The highest BCUT2D eigenvalue weighted by atomic mass is 35.5. The first-order valence-corrected chi connectivity index (χ1v) is 7.11. The van der Waals surface area contributed by atoms with E-state index in [1.807, 2.05) is 0 Å². The SMILES string of the molecule is Cl.NCC1(NC(=O)C2CC(=O)N(CC(F)(F)F)C2)CCCC1. The maximum Gasteiger partial charge on any atom is 0.406 e. The van der Waals surface area contributed by atoms with E-state index >= 15 is 0 Å². The monoisotopic (exact) mass is 343 g/mol. The molecule has 1 saturated carbocycles. The lowest BCUT2D eigenvalue weighted by Crippen LogP contribution is -2.53. The minimum Gasteiger partial charge on any atom is -0.349 e. The maximum absolute atomic E-state index is 12.3. The summed E-state index contributed by atoms with van der Waals surface area (Å²) in [7, 11) is 0. The van der Waals surface area contributed by atoms with E-state index in [0.717, 1.165) is 25.7 Å². The molecule has 2 fully saturated rings. The van der Waals surface area contributed by atoms with Crippen LogP contribution in [0.2, 0.25) is 0 Å². The van der Waals surface area contributed by atoms with Crippen molar-refractivity contribution in [2.24, 2.45) is 11.7 Å². The van der Waals surface area contributed by atoms with E-state index in [9.17, 15) is 22.8 Å². The van der Waals surface area contributed by atoms with Gasteiger partial charge in [-0.25, -0.2) is 0 Å². The average molecular weight is 344 g/mol. The molecule has 1 aliphatic heterocycles. The molecule has 2 aliphatic rings. The highest BCUT2D eigenvalue weighted by Crippen LogP contribution is 2.30. The summed E-state index contributed by atoms with van der Waals surface area (Å²) in [5, 5.41) is 2.86. The van der Waals surface area contributed by atoms with E-state index in [1.165, 1.54) is 0 Å². The molecule has 0 aromatic rings. The fraction of sp³-hybridized carbons (Fsp3) is 0.846. The zero-order chi connectivity index (χ0) is 15.7. The Labute approximate surface area is 133 Å². The summed E-state index contributed by atoms with van der Waals surface area (Å²) in [6.45, 7) is -1.16. The van der Waals surface area contributed by atoms with Gasteiger partial charge in [0.15, 0.2) is 0 Å². The van der Waals surface area contributed by atoms with Gasteiger partial charge < -0.3 is 16.0 Å². The van der Waals surface area contributed by atoms with Crippen LogP contribution in [0.25, 0.3) is 0 Å². The van der Waals surface area contributed by atoms with Crippen LogP contribution in [0, 0.1) is 5.92 Å². The van der Waals surface area contributed by atoms with Crippen molar-refractivity contribution in [3.05, 3.63) is 0 Å². The Morgan fingerprint density at radius 2 is 1.95 bits per heavy atom. The number of nitrogens with zero attached hydrogens (tertiary/aromatic N) is 1. The molecule has 1 heterocycles. The summed E-state index contributed by atoms with van der Waals surface area (Å²) >= 11 is 0. The molecule has 2 rings (SSSR count). The van der Waals surface area contributed by atoms with Gasteiger partial charge in [-0.1, -0.05) is 12.8 Å². The van der Waals surface area contributed by atoms with Crippen molar-refractivity contribution in [3.8, 4) is 0 Å². The minimum atomic E-state index is -4.44. The molecular weight excluding hydrogens is 323 g/mol. The van der Waals surface area contributed by atoms with Crippen molar-refractivity contribution in [1.29, 1.82) is 0 Å². The van der Waals surface area contributed by atoms with Gasteiger partial charge in [-0.2, -0.15) is 13.2 Å². The second-order valence-electron chi connectivity index (χ2n) is 5.97. The van der Waals surface area contributed by atoms with Crippen LogP contribution in [0.1, 0.15) is 32.1 Å². The molecule has 9 heteroatoms. The van der Waals surface area contributed by atoms with Crippen LogP contribution in [0.15, 0.2) is 0 Å². The average Bonchev–Trinajstić information content (AvgIpc) is 2.96. The summed E-state index contributed by atoms with van der Waals surface area (Å²) in [5.41, 5.74) is 5.27. The predicted molar refractivity (Wildman–Crippen MR) is 76.4 cm³/mol. The van der Waals surface area contributed by atoms with Gasteiger partial charge in [-0.05, 0) is 12.8 Å². The Kier molecular flexibility index (Phi) is 6.09. The smallest absolute Gasteiger partial charge is 0.349 e. The van der Waals surface area contributed by atoms with Crippen LogP contribution in [0.3, 0.4) is 0 Å². The van der Waals surface area contributed by atoms with E-state index < -0.39 is 30.1 Å². The van der Waals surface area contributed by atoms with Gasteiger partial charge in [0.25, 0.3) is 0 Å². The number of hydrogen-bond donors (Lipinski definition) is 2. The molecule has 1 atom stereocenters. The number of carbonyl (C=O) groups excluding carboxylic acids is 2. The molecule has 1 aliphatic carbocycles. The summed E-state index contributed by atoms with van der Waals surface area (Å²) < 4.78 is 37.0. The molecule has 0 radical (unpaired) electrons. The molecule has 22 heavy (non-hydrogen) atoms. The Balaban J connectivity index is 0.00000242. The van der Waals surface area contributed by atoms with Crippen LogP contribution in [0.5, 0.6) is 0 Å². The molecule has 3 N–H and O–H groups in total. The first-order chi connectivity index (χ1) is 9.75. The Morgan fingerprint density at radius 1 is 1.36 bits per heavy atom. The maximum atomic E-state index is 12.3. The predicted octanol–water partition coefficient (Wildman–Crippen LogP) is 1.21. The van der Waals surface area contributed by atoms with E-state index in [-0.39, 0.29) is 31.3 Å². The van der Waals surface area contributed by atoms with Crippen LogP contribution in [-0.4, -0.2) is 48.1 Å². The van der Waals surface area contributed by atoms with Gasteiger partial charge in [0.2, 0.25) is 11.8 Å². The number of alkyl halides is 3. The molecular formula is C13H21ClF3N3O2. The molecule has 0 aromatic heterocycles. The second-order valence-corrected chi connectivity index (χ2v) is 5.97. The van der Waals surface area contributed by atoms with Gasteiger partial charge >= 0.3 is 6.18 Å². The molecule has 0 spiro atoms. The molecule has 0 aromatic carbocycles. The molecule has 128 valence electrons. The Bertz CT molecular complexity index is 425. The Hall–Kier alpha value is -1.02. The van der Waals surface area contributed by atoms with Crippen LogP contribution in [-0.2, 0) is 9.59 Å². The van der Waals surface area contributed by atoms with E-state index in [1.54, 1.807) is 0 Å². The number of hydrogen-bond acceptors (Lipinski definition) is 3. The topological polar surface area (TPSA) is 75.4 Å². The number of rotatable bonds is 4. The summed E-state index contributed by atoms with van der Waals surface area (Å²) in [6.07, 6.45) is -1.10. The first kappa shape index (κ1) is 19.0. The third-order valence-corrected chi connectivity index (χ3v) is 4.30. The van der Waals surface area contributed by atoms with Gasteiger partial charge in [0.1, 0.15) is 6.54 Å². The number of amides is 2. The van der Waals surface area contributed by atoms with Crippen LogP contribution in [0.4, 0.5) is 13.2 Å². The summed E-state index contributed by atoms with van der Waals surface area (Å²) in [4.78, 5) is 24.5. The zero-order valence-electron chi connectivity index (χ0n) is 12.1. The zero-order valence-corrected chi connectivity index (χ0v) is 12.9. The van der Waals surface area contributed by atoms with Crippen LogP contribution < -0.4 is 11.1 Å². The highest BCUT2D eigenvalue weighted by molar-refractivity contribution is 5.89. The number of nitrogens with one attached hydrogen (secondary N) is 1. The largest absolute Gasteiger partial charge is 0.406 e. The standard InChI is InChI=1S/C13H20F3N3O2.ClH/c14-13(15,16)8-19-6-9(5-10(19)20)11(21)18-12(7-17)3-1-2-4-12;/h9H,1-8,17H2,(H,18,21);1H. The van der Waals surface area contributed by atoms with Crippen molar-refractivity contribution < 1.29 is 22.8 Å². The number of carbonyl (C=O) groups is 2. The fourth-order valence-electron chi connectivity index (χ4n) is 3.11. The molecule has 1 saturated heterocycles. The van der Waals surface area contributed by atoms with Crippen LogP contribution >= 0.6 is 12.4 Å². The summed E-state index contributed by atoms with van der Waals surface area (Å²) in [6, 6.07) is 0. The third-order valence-electron chi connectivity index (χ3n) is 4.30. The molecule has 1 unspecified atom stereocenters. The lowest BCUT2D eigenvalue weighted by Gasteiger charge is -2.30. The lowest BCUT2D eigenvalue weighted by molar-refractivity contribution is -0.157. The van der Waals surface area contributed by atoms with Crippen molar-refractivity contribution in [1.82, 2.24) is 10.2 Å². The van der Waals surface area contributed by atoms with Gasteiger partial charge in [0.05, 0.1) is 11.5 Å². The molecule has 0 bridgehead atoms. The lowest BCUT2D eigenvalue weighted by atomic mass is 9.96. The van der Waals surface area contributed by atoms with E-state index in [0.29, 0.717) is 11.4 Å². The molecule has 5 nitrogen and oxygen atoms in total. The summed E-state index contributed by atoms with van der Waals surface area (Å²) in [5.74, 6) is -1.70. The minimum absolute atomic E-state index is 0. The third kappa shape index (κ3) is 4.49. The van der Waals surface area contributed by atoms with Gasteiger partial charge in [0, 0.05) is 19.5 Å². The normalized spacial score (nSPS) is 24.3. The fourth-order valence-corrected chi connectivity index (χ4v) is 3.11. The van der Waals surface area contributed by atoms with Gasteiger partial charge in [-0.3, -0.25) is 9.59 Å².